The Morgan fingerprint density at radius 1 is 0.957 bits per heavy atom. The summed E-state index contributed by atoms with van der Waals surface area (Å²) in [6.45, 7) is 7.57. The highest BCUT2D eigenvalue weighted by atomic mass is 32.1. The summed E-state index contributed by atoms with van der Waals surface area (Å²) in [5, 5.41) is 3.33. The molecule has 0 saturated heterocycles. The fourth-order valence-electron chi connectivity index (χ4n) is 6.59. The van der Waals surface area contributed by atoms with Gasteiger partial charge in [-0.05, 0) is 36.3 Å². The molecular formula is C36H42F3N3O4S. The Bertz CT molecular complexity index is 1670. The number of carbonyl (C=O) groups is 4. The second-order valence-electron chi connectivity index (χ2n) is 12.9. The number of carbonyl (C=O) groups excluding carboxylic acids is 4. The fraction of sp³-hybridized carbons (Fsp3) is 0.472. The van der Waals surface area contributed by atoms with Gasteiger partial charge in [0, 0.05) is 47.7 Å². The van der Waals surface area contributed by atoms with Crippen molar-refractivity contribution in [3.63, 3.8) is 0 Å². The van der Waals surface area contributed by atoms with Crippen molar-refractivity contribution in [3.8, 4) is 0 Å². The van der Waals surface area contributed by atoms with E-state index in [9.17, 15) is 32.3 Å². The number of ketones is 3. The molecular weight excluding hydrogens is 627 g/mol. The molecule has 0 spiro atoms. The van der Waals surface area contributed by atoms with E-state index in [1.165, 1.54) is 18.2 Å². The average Bonchev–Trinajstić information content (AvgIpc) is 3.42. The number of para-hydroxylation sites is 1. The predicted octanol–water partition coefficient (Wildman–Crippen LogP) is 6.94. The first-order chi connectivity index (χ1) is 22.1. The standard InChI is InChI=1S/C36H42F3N3O4S/c1-5-20(3)24(33(40)47)18-30(44)35(16-15-28-26(19-35)23-13-10-14-27(31(23)41-28)36(37,38)39)42-34(46)25(21(4)6-2)17-29(43)32(45)22-11-8-7-9-12-22/h7-14,20-21,24-25,41H,5-6,15-19H2,1-4H3,(H2,40,47)(H,42,46)/t20?,21?,24-,25-,35+/m0/s1. The lowest BCUT2D eigenvalue weighted by Gasteiger charge is -2.39. The van der Waals surface area contributed by atoms with Crippen LogP contribution in [0.4, 0.5) is 13.2 Å². The Labute approximate surface area is 278 Å². The summed E-state index contributed by atoms with van der Waals surface area (Å²) in [7, 11) is 0. The first kappa shape index (κ1) is 36.0. The van der Waals surface area contributed by atoms with E-state index in [-0.39, 0.29) is 65.8 Å². The number of aryl methyl sites for hydroxylation is 1. The van der Waals surface area contributed by atoms with Crippen LogP contribution in [-0.2, 0) is 33.4 Å². The molecule has 2 aromatic carbocycles. The smallest absolute Gasteiger partial charge is 0.393 e. The van der Waals surface area contributed by atoms with Gasteiger partial charge in [0.1, 0.15) is 5.54 Å². The fourth-order valence-corrected chi connectivity index (χ4v) is 6.91. The highest BCUT2D eigenvalue weighted by Gasteiger charge is 2.46. The summed E-state index contributed by atoms with van der Waals surface area (Å²) >= 11 is 5.33. The maximum Gasteiger partial charge on any atom is 0.418 e. The number of alkyl halides is 3. The van der Waals surface area contributed by atoms with E-state index >= 15 is 0 Å². The molecule has 1 aliphatic rings. The van der Waals surface area contributed by atoms with Gasteiger partial charge in [0.25, 0.3) is 0 Å². The lowest BCUT2D eigenvalue weighted by atomic mass is 9.72. The van der Waals surface area contributed by atoms with Crippen LogP contribution in [0.25, 0.3) is 10.9 Å². The van der Waals surface area contributed by atoms with Gasteiger partial charge in [-0.25, -0.2) is 0 Å². The van der Waals surface area contributed by atoms with Crippen molar-refractivity contribution in [1.29, 1.82) is 0 Å². The molecule has 4 N–H and O–H groups in total. The van der Waals surface area contributed by atoms with E-state index in [2.05, 4.69) is 10.3 Å². The second kappa shape index (κ2) is 14.5. The summed E-state index contributed by atoms with van der Waals surface area (Å²) in [5.41, 5.74) is 5.02. The van der Waals surface area contributed by atoms with E-state index in [1.54, 1.807) is 24.3 Å². The number of amides is 1. The first-order valence-electron chi connectivity index (χ1n) is 16.1. The number of nitrogens with two attached hydrogens (primary N) is 1. The van der Waals surface area contributed by atoms with E-state index in [4.69, 9.17) is 18.0 Å². The third kappa shape index (κ3) is 7.66. The van der Waals surface area contributed by atoms with Gasteiger partial charge in [0.05, 0.1) is 16.1 Å². The molecule has 3 aromatic rings. The molecule has 1 aliphatic carbocycles. The number of hydrogen-bond donors (Lipinski definition) is 3. The summed E-state index contributed by atoms with van der Waals surface area (Å²) in [6.07, 6.45) is -3.51. The van der Waals surface area contributed by atoms with Gasteiger partial charge < -0.3 is 16.0 Å². The Morgan fingerprint density at radius 3 is 2.19 bits per heavy atom. The van der Waals surface area contributed by atoms with Crippen molar-refractivity contribution in [2.75, 3.05) is 0 Å². The van der Waals surface area contributed by atoms with Gasteiger partial charge in [-0.1, -0.05) is 95.2 Å². The van der Waals surface area contributed by atoms with Crippen molar-refractivity contribution in [1.82, 2.24) is 10.3 Å². The van der Waals surface area contributed by atoms with E-state index in [0.29, 0.717) is 29.5 Å². The molecule has 11 heteroatoms. The monoisotopic (exact) mass is 669 g/mol. The molecule has 5 atom stereocenters. The topological polar surface area (TPSA) is 122 Å². The van der Waals surface area contributed by atoms with Crippen LogP contribution < -0.4 is 11.1 Å². The number of halogens is 3. The van der Waals surface area contributed by atoms with Crippen LogP contribution in [0.5, 0.6) is 0 Å². The molecule has 1 amide bonds. The number of aromatic nitrogens is 1. The Balaban J connectivity index is 1.74. The van der Waals surface area contributed by atoms with E-state index < -0.39 is 46.6 Å². The van der Waals surface area contributed by atoms with Gasteiger partial charge in [0.2, 0.25) is 17.5 Å². The van der Waals surface area contributed by atoms with Crippen LogP contribution in [-0.4, -0.2) is 38.8 Å². The van der Waals surface area contributed by atoms with Crippen LogP contribution in [0, 0.1) is 23.7 Å². The van der Waals surface area contributed by atoms with Crippen molar-refractivity contribution in [3.05, 3.63) is 70.9 Å². The van der Waals surface area contributed by atoms with Crippen molar-refractivity contribution >= 4 is 51.4 Å². The Morgan fingerprint density at radius 2 is 1.60 bits per heavy atom. The van der Waals surface area contributed by atoms with E-state index in [1.807, 2.05) is 27.7 Å². The normalized spacial score (nSPS) is 18.9. The third-order valence-electron chi connectivity index (χ3n) is 9.98. The zero-order valence-electron chi connectivity index (χ0n) is 27.1. The number of fused-ring (bicyclic) bond motifs is 3. The molecule has 0 fully saturated rings. The quantitative estimate of drug-likeness (QED) is 0.0971. The Hall–Kier alpha value is -3.86. The molecule has 1 aromatic heterocycles. The summed E-state index contributed by atoms with van der Waals surface area (Å²) in [4.78, 5) is 57.9. The number of hydrogen-bond acceptors (Lipinski definition) is 5. The van der Waals surface area contributed by atoms with Crippen molar-refractivity contribution in [2.45, 2.75) is 84.4 Å². The molecule has 0 saturated carbocycles. The van der Waals surface area contributed by atoms with Gasteiger partial charge in [-0.2, -0.15) is 13.2 Å². The largest absolute Gasteiger partial charge is 0.418 e. The highest BCUT2D eigenvalue weighted by molar-refractivity contribution is 7.80. The molecule has 252 valence electrons. The molecule has 7 nitrogen and oxygen atoms in total. The number of nitrogens with one attached hydrogen (secondary N) is 2. The summed E-state index contributed by atoms with van der Waals surface area (Å²) in [6, 6.07) is 12.0. The van der Waals surface area contributed by atoms with Gasteiger partial charge in [-0.3, -0.25) is 19.2 Å². The van der Waals surface area contributed by atoms with Gasteiger partial charge in [-0.15, -0.1) is 0 Å². The predicted molar refractivity (Wildman–Crippen MR) is 179 cm³/mol. The van der Waals surface area contributed by atoms with Crippen molar-refractivity contribution in [2.24, 2.45) is 29.4 Å². The number of aromatic amines is 1. The van der Waals surface area contributed by atoms with Crippen LogP contribution in [0.2, 0.25) is 0 Å². The number of thiocarbonyl (C=S) groups is 1. The van der Waals surface area contributed by atoms with Crippen molar-refractivity contribution < 1.29 is 32.3 Å². The minimum absolute atomic E-state index is 0.0275. The first-order valence-corrected chi connectivity index (χ1v) is 16.5. The van der Waals surface area contributed by atoms with Crippen LogP contribution >= 0.6 is 12.2 Å². The minimum Gasteiger partial charge on any atom is -0.393 e. The molecule has 0 bridgehead atoms. The minimum atomic E-state index is -4.60. The molecule has 0 aliphatic heterocycles. The lowest BCUT2D eigenvalue weighted by molar-refractivity contribution is -0.137. The zero-order chi connectivity index (χ0) is 34.7. The maximum atomic E-state index is 14.4. The van der Waals surface area contributed by atoms with Crippen LogP contribution in [0.15, 0.2) is 48.5 Å². The van der Waals surface area contributed by atoms with Gasteiger partial charge >= 0.3 is 6.18 Å². The maximum absolute atomic E-state index is 14.4. The SMILES string of the molecule is CCC(C)[C@H](CC(=O)C(=O)c1ccccc1)C(=O)N[C@]1(C(=O)C[C@H](C(N)=S)C(C)CC)CCc2[nH]c3c(C(F)(F)F)cccc3c2C1. The third-order valence-corrected chi connectivity index (χ3v) is 10.3. The molecule has 4 rings (SSSR count). The number of benzene rings is 2. The molecule has 2 unspecified atom stereocenters. The average molecular weight is 670 g/mol. The Kier molecular flexibility index (Phi) is 11.1. The summed E-state index contributed by atoms with van der Waals surface area (Å²) in [5.74, 6) is -4.03. The number of Topliss-reactive ketones (excluding diaryl/α,β-unsaturated/α-hetero) is 3. The lowest BCUT2D eigenvalue weighted by Crippen LogP contribution is -2.60. The summed E-state index contributed by atoms with van der Waals surface area (Å²) < 4.78 is 41.8. The van der Waals surface area contributed by atoms with Crippen LogP contribution in [0.1, 0.15) is 87.0 Å². The molecule has 47 heavy (non-hydrogen) atoms. The second-order valence-corrected chi connectivity index (χ2v) is 13.4. The highest BCUT2D eigenvalue weighted by Crippen LogP contribution is 2.41. The van der Waals surface area contributed by atoms with Gasteiger partial charge in [0.15, 0.2) is 5.78 Å². The number of rotatable bonds is 14. The van der Waals surface area contributed by atoms with Crippen LogP contribution in [0.3, 0.4) is 0 Å². The van der Waals surface area contributed by atoms with E-state index in [0.717, 1.165) is 6.07 Å². The molecule has 0 radical (unpaired) electrons. The molecule has 1 heterocycles. The number of H-pyrrole nitrogens is 1. The zero-order valence-corrected chi connectivity index (χ0v) is 27.9.